The minimum Gasteiger partial charge on any atom is -0.228 e. The summed E-state index contributed by atoms with van der Waals surface area (Å²) in [5, 5.41) is 0. The van der Waals surface area contributed by atoms with Crippen molar-refractivity contribution in [3.8, 4) is 112 Å². The quantitative estimate of drug-likeness (QED) is 0.137. The van der Waals surface area contributed by atoms with Crippen LogP contribution in [0.4, 0.5) is 0 Å². The van der Waals surface area contributed by atoms with Crippen LogP contribution in [0.15, 0.2) is 291 Å². The van der Waals surface area contributed by atoms with Gasteiger partial charge in [-0.1, -0.05) is 255 Å². The molecule has 80 heavy (non-hydrogen) atoms. The van der Waals surface area contributed by atoms with Crippen molar-refractivity contribution in [1.82, 2.24) is 19.9 Å². The minimum absolute atomic E-state index is 0.0470. The van der Waals surface area contributed by atoms with Crippen LogP contribution in [0.3, 0.4) is 0 Å². The highest BCUT2D eigenvalue weighted by atomic mass is 14.9. The molecular formula is C76H50N4. The van der Waals surface area contributed by atoms with Gasteiger partial charge < -0.3 is 0 Å². The number of benzene rings is 11. The highest BCUT2D eigenvalue weighted by Crippen LogP contribution is 2.57. The van der Waals surface area contributed by atoms with Gasteiger partial charge in [0.25, 0.3) is 0 Å². The van der Waals surface area contributed by atoms with E-state index in [1.54, 1.807) is 0 Å². The Morgan fingerprint density at radius 2 is 0.425 bits per heavy atom. The normalized spacial score (nSPS) is 13.8. The monoisotopic (exact) mass is 1020 g/mol. The van der Waals surface area contributed by atoms with Gasteiger partial charge in [0.15, 0.2) is 11.6 Å². The first kappa shape index (κ1) is 46.8. The second kappa shape index (κ2) is 19.9. The van der Waals surface area contributed by atoms with Crippen molar-refractivity contribution in [2.45, 2.75) is 11.8 Å². The van der Waals surface area contributed by atoms with E-state index in [2.05, 4.69) is 279 Å². The molecule has 374 valence electrons. The van der Waals surface area contributed by atoms with Crippen LogP contribution in [0.1, 0.15) is 45.2 Å². The second-order valence-electron chi connectivity index (χ2n) is 20.9. The van der Waals surface area contributed by atoms with Crippen molar-refractivity contribution in [1.29, 1.82) is 0 Å². The van der Waals surface area contributed by atoms with Crippen molar-refractivity contribution < 1.29 is 0 Å². The fraction of sp³-hybridized carbons (Fsp3) is 0.0263. The smallest absolute Gasteiger partial charge is 0.160 e. The molecule has 2 heterocycles. The first-order valence-corrected chi connectivity index (χ1v) is 27.4. The lowest BCUT2D eigenvalue weighted by Crippen LogP contribution is -2.27. The van der Waals surface area contributed by atoms with E-state index >= 15 is 0 Å². The molecule has 3 aliphatic rings. The van der Waals surface area contributed by atoms with Crippen LogP contribution in [0.2, 0.25) is 0 Å². The molecule has 13 aromatic rings. The highest BCUT2D eigenvalue weighted by molar-refractivity contribution is 5.81. The molecule has 2 atom stereocenters. The Morgan fingerprint density at radius 1 is 0.163 bits per heavy atom. The summed E-state index contributed by atoms with van der Waals surface area (Å²) in [6.07, 6.45) is 0. The van der Waals surface area contributed by atoms with Crippen LogP contribution in [0.25, 0.3) is 112 Å². The molecule has 2 bridgehead atoms. The molecule has 0 N–H and O–H groups in total. The molecule has 2 unspecified atom stereocenters. The number of hydrogen-bond acceptors (Lipinski definition) is 4. The number of aromatic nitrogens is 4. The van der Waals surface area contributed by atoms with Gasteiger partial charge in [-0.25, -0.2) is 19.9 Å². The molecule has 2 aromatic heterocycles. The molecule has 16 rings (SSSR count). The van der Waals surface area contributed by atoms with E-state index < -0.39 is 0 Å². The van der Waals surface area contributed by atoms with Crippen molar-refractivity contribution in [2.75, 3.05) is 0 Å². The third kappa shape index (κ3) is 8.61. The maximum atomic E-state index is 5.31. The zero-order valence-corrected chi connectivity index (χ0v) is 43.7. The van der Waals surface area contributed by atoms with Crippen molar-refractivity contribution >= 4 is 0 Å². The van der Waals surface area contributed by atoms with Crippen LogP contribution < -0.4 is 0 Å². The van der Waals surface area contributed by atoms with E-state index in [0.717, 1.165) is 67.3 Å². The van der Waals surface area contributed by atoms with Gasteiger partial charge in [0, 0.05) is 45.2 Å². The van der Waals surface area contributed by atoms with Gasteiger partial charge in [-0.2, -0.15) is 0 Å². The average molecular weight is 1020 g/mol. The zero-order valence-electron chi connectivity index (χ0n) is 43.7. The summed E-state index contributed by atoms with van der Waals surface area (Å²) in [4.78, 5) is 21.1. The molecule has 0 amide bonds. The van der Waals surface area contributed by atoms with Gasteiger partial charge in [0.2, 0.25) is 0 Å². The third-order valence-corrected chi connectivity index (χ3v) is 16.1. The minimum atomic E-state index is 0.0470. The highest BCUT2D eigenvalue weighted by Gasteiger charge is 2.41. The summed E-state index contributed by atoms with van der Waals surface area (Å²) in [6.45, 7) is 0. The largest absolute Gasteiger partial charge is 0.228 e. The molecule has 4 heteroatoms. The summed E-state index contributed by atoms with van der Waals surface area (Å²) in [6, 6.07) is 104. The van der Waals surface area contributed by atoms with Crippen LogP contribution >= 0.6 is 0 Å². The van der Waals surface area contributed by atoms with Gasteiger partial charge in [-0.05, 0) is 114 Å². The SMILES string of the molecule is c1ccc(-c2cccc(-c3ccc(-c4cc(-c5ccc6c(c5)C5c7ccccc7C6c6cc(-c7cc(-c8ccc(-c9cccc(-c%10ccccc%10)c9)cc8)nc(-c8ccccc8)n7)ccc65)nc(-c5ccccc5)n4)cc3)c2)cc1. The average Bonchev–Trinajstić information content (AvgIpc) is 3.73. The lowest BCUT2D eigenvalue weighted by Gasteiger charge is -2.42. The molecule has 0 radical (unpaired) electrons. The summed E-state index contributed by atoms with van der Waals surface area (Å²) in [5.74, 6) is 1.49. The van der Waals surface area contributed by atoms with E-state index in [1.807, 2.05) is 12.1 Å². The molecule has 11 aromatic carbocycles. The Bertz CT molecular complexity index is 4150. The Kier molecular flexibility index (Phi) is 11.6. The maximum Gasteiger partial charge on any atom is 0.160 e. The van der Waals surface area contributed by atoms with Gasteiger partial charge in [0.05, 0.1) is 22.8 Å². The van der Waals surface area contributed by atoms with Crippen LogP contribution in [0.5, 0.6) is 0 Å². The number of rotatable bonds is 10. The van der Waals surface area contributed by atoms with E-state index in [9.17, 15) is 0 Å². The van der Waals surface area contributed by atoms with Crippen molar-refractivity contribution in [3.05, 3.63) is 325 Å². The zero-order chi connectivity index (χ0) is 52.9. The van der Waals surface area contributed by atoms with E-state index in [-0.39, 0.29) is 11.8 Å². The van der Waals surface area contributed by atoms with Gasteiger partial charge in [-0.3, -0.25) is 0 Å². The van der Waals surface area contributed by atoms with Crippen molar-refractivity contribution in [2.24, 2.45) is 0 Å². The lowest BCUT2D eigenvalue weighted by atomic mass is 9.60. The Labute approximate surface area is 466 Å². The number of hydrogen-bond donors (Lipinski definition) is 0. The van der Waals surface area contributed by atoms with Crippen molar-refractivity contribution in [3.63, 3.8) is 0 Å². The Morgan fingerprint density at radius 3 is 0.787 bits per heavy atom. The van der Waals surface area contributed by atoms with Gasteiger partial charge in [0.1, 0.15) is 0 Å². The molecule has 0 spiro atoms. The van der Waals surface area contributed by atoms with Gasteiger partial charge in [-0.15, -0.1) is 0 Å². The molecule has 0 fully saturated rings. The lowest BCUT2D eigenvalue weighted by molar-refractivity contribution is 0.755. The molecule has 0 saturated carbocycles. The summed E-state index contributed by atoms with van der Waals surface area (Å²) >= 11 is 0. The number of nitrogens with zero attached hydrogens (tertiary/aromatic N) is 4. The van der Waals surface area contributed by atoms with Gasteiger partial charge >= 0.3 is 0 Å². The topological polar surface area (TPSA) is 51.6 Å². The van der Waals surface area contributed by atoms with Crippen LogP contribution in [-0.2, 0) is 0 Å². The fourth-order valence-electron chi connectivity index (χ4n) is 12.1. The predicted molar refractivity (Wildman–Crippen MR) is 327 cm³/mol. The second-order valence-corrected chi connectivity index (χ2v) is 20.9. The molecule has 4 nitrogen and oxygen atoms in total. The standard InChI is InChI=1S/C76H50N4/c1-5-17-49(18-6-1)57-25-15-27-59(43-57)51-31-35-53(36-32-51)69-47-71(79-75(77-69)55-21-9-3-10-22-55)61-39-41-65-67(45-61)73-63-29-13-14-30-64(63)74(65)68-46-62(40-42-66(68)73)72-48-70(78-76(80-72)56-23-11-4-12-24-56)54-37-33-52(34-38-54)60-28-16-26-58(44-60)50-19-7-2-8-20-50/h1-48,73-74H. The van der Waals surface area contributed by atoms with E-state index in [1.165, 1.54) is 66.8 Å². The Hall–Kier alpha value is -10.4. The summed E-state index contributed by atoms with van der Waals surface area (Å²) < 4.78 is 0. The third-order valence-electron chi connectivity index (χ3n) is 16.1. The van der Waals surface area contributed by atoms with E-state index in [0.29, 0.717) is 11.6 Å². The molecular weight excluding hydrogens is 969 g/mol. The molecule has 0 saturated heterocycles. The molecule has 0 aliphatic heterocycles. The Balaban J connectivity index is 0.785. The van der Waals surface area contributed by atoms with Crippen LogP contribution in [-0.4, -0.2) is 19.9 Å². The predicted octanol–water partition coefficient (Wildman–Crippen LogP) is 18.9. The fourth-order valence-corrected chi connectivity index (χ4v) is 12.1. The summed E-state index contributed by atoms with van der Waals surface area (Å²) in [7, 11) is 0. The maximum absolute atomic E-state index is 5.31. The molecule has 3 aliphatic carbocycles. The van der Waals surface area contributed by atoms with Crippen LogP contribution in [0, 0.1) is 0 Å². The first-order valence-electron chi connectivity index (χ1n) is 27.4. The first-order chi connectivity index (χ1) is 39.6. The summed E-state index contributed by atoms with van der Waals surface area (Å²) in [5.41, 5.74) is 27.2. The van der Waals surface area contributed by atoms with E-state index in [4.69, 9.17) is 19.9 Å².